The van der Waals surface area contributed by atoms with E-state index < -0.39 is 6.10 Å². The summed E-state index contributed by atoms with van der Waals surface area (Å²) in [6.45, 7) is 2.07. The number of benzene rings is 1. The van der Waals surface area contributed by atoms with Gasteiger partial charge in [-0.2, -0.15) is 0 Å². The Labute approximate surface area is 104 Å². The Morgan fingerprint density at radius 3 is 2.65 bits per heavy atom. The van der Waals surface area contributed by atoms with Gasteiger partial charge in [0.2, 0.25) is 0 Å². The quantitative estimate of drug-likeness (QED) is 0.785. The summed E-state index contributed by atoms with van der Waals surface area (Å²) in [6.07, 6.45) is 2.07. The van der Waals surface area contributed by atoms with Gasteiger partial charge in [-0.25, -0.2) is 4.79 Å². The monoisotopic (exact) mass is 254 g/mol. The number of halogens is 1. The Balaban J connectivity index is 2.39. The van der Waals surface area contributed by atoms with Crippen molar-refractivity contribution in [2.75, 3.05) is 0 Å². The smallest absolute Gasteiger partial charge is 0.323 e. The fourth-order valence-electron chi connectivity index (χ4n) is 1.88. The Kier molecular flexibility index (Phi) is 3.54. The highest BCUT2D eigenvalue weighted by atomic mass is 35.5. The van der Waals surface area contributed by atoms with Gasteiger partial charge < -0.3 is 15.1 Å². The molecule has 0 bridgehead atoms. The molecule has 1 atom stereocenters. The van der Waals surface area contributed by atoms with Crippen molar-refractivity contribution in [1.82, 2.24) is 9.97 Å². The number of fused-ring (bicyclic) bond motifs is 1. The summed E-state index contributed by atoms with van der Waals surface area (Å²) >= 11 is 6.09. The molecule has 5 heteroatoms. The predicted molar refractivity (Wildman–Crippen MR) is 68.4 cm³/mol. The highest BCUT2D eigenvalue weighted by Gasteiger charge is 2.13. The number of hydrogen-bond acceptors (Lipinski definition) is 2. The minimum atomic E-state index is -0.578. The van der Waals surface area contributed by atoms with Gasteiger partial charge in [0, 0.05) is 10.6 Å². The summed E-state index contributed by atoms with van der Waals surface area (Å²) in [5, 5.41) is 10.5. The van der Waals surface area contributed by atoms with Crippen LogP contribution in [0.2, 0.25) is 5.02 Å². The van der Waals surface area contributed by atoms with Crippen LogP contribution in [-0.4, -0.2) is 15.1 Å². The van der Waals surface area contributed by atoms with E-state index >= 15 is 0 Å². The zero-order chi connectivity index (χ0) is 12.4. The van der Waals surface area contributed by atoms with Crippen LogP contribution in [0.1, 0.15) is 37.9 Å². The van der Waals surface area contributed by atoms with Gasteiger partial charge in [0.25, 0.3) is 0 Å². The molecule has 0 aliphatic carbocycles. The molecule has 2 rings (SSSR count). The third-order valence-electron chi connectivity index (χ3n) is 2.82. The molecule has 1 unspecified atom stereocenters. The molecule has 3 N–H and O–H groups in total. The second kappa shape index (κ2) is 4.94. The van der Waals surface area contributed by atoms with E-state index in [0.717, 1.165) is 12.8 Å². The average Bonchev–Trinajstić information content (AvgIpc) is 2.64. The zero-order valence-electron chi connectivity index (χ0n) is 9.59. The number of aromatic amines is 2. The molecule has 4 nitrogen and oxygen atoms in total. The lowest BCUT2D eigenvalue weighted by molar-refractivity contribution is 0.164. The topological polar surface area (TPSA) is 68.9 Å². The normalized spacial score (nSPS) is 13.1. The van der Waals surface area contributed by atoms with Crippen molar-refractivity contribution in [3.63, 3.8) is 0 Å². The Morgan fingerprint density at radius 2 is 2.00 bits per heavy atom. The van der Waals surface area contributed by atoms with E-state index in [1.165, 1.54) is 0 Å². The van der Waals surface area contributed by atoms with Crippen LogP contribution in [0.25, 0.3) is 11.0 Å². The number of aliphatic hydroxyl groups excluding tert-OH is 1. The molecule has 0 aliphatic heterocycles. The molecule has 0 saturated heterocycles. The van der Waals surface area contributed by atoms with Gasteiger partial charge in [-0.05, 0) is 18.6 Å². The number of imidazole rings is 1. The van der Waals surface area contributed by atoms with Crippen LogP contribution in [-0.2, 0) is 0 Å². The molecule has 0 fully saturated rings. The fraction of sp³-hybridized carbons (Fsp3) is 0.417. The molecule has 2 aromatic rings. The lowest BCUT2D eigenvalue weighted by atomic mass is 10.0. The van der Waals surface area contributed by atoms with Gasteiger partial charge >= 0.3 is 5.69 Å². The van der Waals surface area contributed by atoms with Crippen molar-refractivity contribution in [1.29, 1.82) is 0 Å². The summed E-state index contributed by atoms with van der Waals surface area (Å²) in [6, 6.07) is 3.40. The van der Waals surface area contributed by atoms with E-state index in [0.29, 0.717) is 28.0 Å². The summed E-state index contributed by atoms with van der Waals surface area (Å²) in [4.78, 5) is 16.4. The van der Waals surface area contributed by atoms with E-state index in [9.17, 15) is 9.90 Å². The van der Waals surface area contributed by atoms with Crippen LogP contribution in [0.15, 0.2) is 16.9 Å². The number of nitrogens with one attached hydrogen (secondary N) is 2. The first-order valence-electron chi connectivity index (χ1n) is 5.71. The third kappa shape index (κ3) is 2.53. The third-order valence-corrected chi connectivity index (χ3v) is 3.15. The highest BCUT2D eigenvalue weighted by Crippen LogP contribution is 2.29. The number of H-pyrrole nitrogens is 2. The van der Waals surface area contributed by atoms with Crippen LogP contribution in [0, 0.1) is 0 Å². The maximum atomic E-state index is 11.1. The van der Waals surface area contributed by atoms with Gasteiger partial charge in [-0.1, -0.05) is 31.4 Å². The first-order valence-corrected chi connectivity index (χ1v) is 6.09. The first-order chi connectivity index (χ1) is 8.11. The molecule has 0 aliphatic rings. The molecular weight excluding hydrogens is 240 g/mol. The standard InChI is InChI=1S/C12H15ClN2O2/c1-2-3-4-11(16)7-5-9-10(6-8(7)13)15-12(17)14-9/h5-6,11,16H,2-4H2,1H3,(H2,14,15,17). The highest BCUT2D eigenvalue weighted by molar-refractivity contribution is 6.32. The van der Waals surface area contributed by atoms with Crippen LogP contribution in [0.4, 0.5) is 0 Å². The maximum Gasteiger partial charge on any atom is 0.323 e. The maximum absolute atomic E-state index is 11.1. The molecular formula is C12H15ClN2O2. The average molecular weight is 255 g/mol. The second-order valence-corrected chi connectivity index (χ2v) is 4.56. The van der Waals surface area contributed by atoms with Crippen molar-refractivity contribution in [2.45, 2.75) is 32.3 Å². The lowest BCUT2D eigenvalue weighted by Crippen LogP contribution is -1.99. The largest absolute Gasteiger partial charge is 0.388 e. The fourth-order valence-corrected chi connectivity index (χ4v) is 2.17. The molecule has 0 spiro atoms. The number of unbranched alkanes of at least 4 members (excludes halogenated alkanes) is 1. The van der Waals surface area contributed by atoms with Gasteiger partial charge in [0.15, 0.2) is 0 Å². The molecule has 0 saturated carbocycles. The van der Waals surface area contributed by atoms with Crippen LogP contribution in [0.3, 0.4) is 0 Å². The van der Waals surface area contributed by atoms with E-state index in [4.69, 9.17) is 11.6 Å². The minimum absolute atomic E-state index is 0.267. The summed E-state index contributed by atoms with van der Waals surface area (Å²) < 4.78 is 0. The molecule has 0 amide bonds. The minimum Gasteiger partial charge on any atom is -0.388 e. The molecule has 1 heterocycles. The van der Waals surface area contributed by atoms with Crippen molar-refractivity contribution >= 4 is 22.6 Å². The first kappa shape index (κ1) is 12.2. The van der Waals surface area contributed by atoms with Gasteiger partial charge in [-0.15, -0.1) is 0 Å². The zero-order valence-corrected chi connectivity index (χ0v) is 10.3. The van der Waals surface area contributed by atoms with E-state index in [2.05, 4.69) is 16.9 Å². The predicted octanol–water partition coefficient (Wildman–Crippen LogP) is 2.73. The molecule has 0 radical (unpaired) electrons. The summed E-state index contributed by atoms with van der Waals surface area (Å²) in [7, 11) is 0. The SMILES string of the molecule is CCCCC(O)c1cc2[nH]c(=O)[nH]c2cc1Cl. The molecule has 1 aromatic carbocycles. The van der Waals surface area contributed by atoms with E-state index in [1.54, 1.807) is 12.1 Å². The van der Waals surface area contributed by atoms with Crippen LogP contribution < -0.4 is 5.69 Å². The summed E-state index contributed by atoms with van der Waals surface area (Å²) in [5.41, 5.74) is 1.73. The molecule has 1 aromatic heterocycles. The Morgan fingerprint density at radius 1 is 1.35 bits per heavy atom. The Hall–Kier alpha value is -1.26. The summed E-state index contributed by atoms with van der Waals surface area (Å²) in [5.74, 6) is 0. The van der Waals surface area contributed by atoms with Crippen molar-refractivity contribution in [2.24, 2.45) is 0 Å². The lowest BCUT2D eigenvalue weighted by Gasteiger charge is -2.12. The number of aromatic nitrogens is 2. The number of rotatable bonds is 4. The van der Waals surface area contributed by atoms with E-state index in [1.807, 2.05) is 0 Å². The van der Waals surface area contributed by atoms with Crippen molar-refractivity contribution in [3.8, 4) is 0 Å². The van der Waals surface area contributed by atoms with Crippen molar-refractivity contribution < 1.29 is 5.11 Å². The van der Waals surface area contributed by atoms with Crippen LogP contribution >= 0.6 is 11.6 Å². The van der Waals surface area contributed by atoms with Crippen molar-refractivity contribution in [3.05, 3.63) is 33.2 Å². The molecule has 17 heavy (non-hydrogen) atoms. The number of aliphatic hydroxyl groups is 1. The van der Waals surface area contributed by atoms with Gasteiger partial charge in [0.05, 0.1) is 17.1 Å². The number of hydrogen-bond donors (Lipinski definition) is 3. The van der Waals surface area contributed by atoms with Crippen LogP contribution in [0.5, 0.6) is 0 Å². The van der Waals surface area contributed by atoms with Gasteiger partial charge in [0.1, 0.15) is 0 Å². The van der Waals surface area contributed by atoms with E-state index in [-0.39, 0.29) is 5.69 Å². The molecule has 92 valence electrons. The second-order valence-electron chi connectivity index (χ2n) is 4.16. The Bertz CT molecular complexity index is 573. The van der Waals surface area contributed by atoms with Gasteiger partial charge in [-0.3, -0.25) is 0 Å².